The molecule has 11 heteroatoms. The molecule has 2 amide bonds. The minimum absolute atomic E-state index is 0.0922. The van der Waals surface area contributed by atoms with E-state index in [1.54, 1.807) is 18.2 Å². The highest BCUT2D eigenvalue weighted by Gasteiger charge is 2.45. The molecule has 1 aromatic carbocycles. The van der Waals surface area contributed by atoms with Gasteiger partial charge in [0, 0.05) is 12.1 Å². The summed E-state index contributed by atoms with van der Waals surface area (Å²) in [6, 6.07) is 7.36. The van der Waals surface area contributed by atoms with Gasteiger partial charge in [-0.3, -0.25) is 14.5 Å². The van der Waals surface area contributed by atoms with E-state index in [-0.39, 0.29) is 11.6 Å². The molecule has 0 fully saturated rings. The zero-order chi connectivity index (χ0) is 22.1. The van der Waals surface area contributed by atoms with Gasteiger partial charge < -0.3 is 29.6 Å². The quantitative estimate of drug-likeness (QED) is 0.559. The second kappa shape index (κ2) is 7.85. The number of rotatable bonds is 6. The third kappa shape index (κ3) is 3.95. The number of ether oxygens (including phenoxy) is 3. The molecule has 30 heavy (non-hydrogen) atoms. The van der Waals surface area contributed by atoms with Gasteiger partial charge in [0.25, 0.3) is 11.7 Å². The van der Waals surface area contributed by atoms with Crippen LogP contribution in [0.3, 0.4) is 0 Å². The molecule has 158 valence electrons. The van der Waals surface area contributed by atoms with Crippen LogP contribution in [0.5, 0.6) is 17.2 Å². The van der Waals surface area contributed by atoms with E-state index in [9.17, 15) is 19.7 Å². The van der Waals surface area contributed by atoms with Crippen LogP contribution < -0.4 is 24.4 Å². The van der Waals surface area contributed by atoms with Crippen molar-refractivity contribution in [1.29, 1.82) is 0 Å². The molecule has 0 radical (unpaired) electrons. The fourth-order valence-electron chi connectivity index (χ4n) is 2.92. The highest BCUT2D eigenvalue weighted by Crippen LogP contribution is 2.37. The Labute approximate surface area is 171 Å². The second-order valence-corrected chi connectivity index (χ2v) is 6.87. The molecule has 0 saturated heterocycles. The van der Waals surface area contributed by atoms with Crippen LogP contribution in [-0.2, 0) is 9.59 Å². The Hall–Kier alpha value is -3.89. The molecule has 1 aromatic heterocycles. The summed E-state index contributed by atoms with van der Waals surface area (Å²) in [6.45, 7) is 2.65. The third-order valence-electron chi connectivity index (χ3n) is 4.38. The molecule has 2 heterocycles. The first-order valence-corrected chi connectivity index (χ1v) is 8.84. The summed E-state index contributed by atoms with van der Waals surface area (Å²) in [5, 5.41) is 13.7. The van der Waals surface area contributed by atoms with Gasteiger partial charge in [0.05, 0.1) is 19.9 Å². The van der Waals surface area contributed by atoms with E-state index in [4.69, 9.17) is 14.2 Å². The number of amides is 2. The van der Waals surface area contributed by atoms with Crippen LogP contribution >= 0.6 is 0 Å². The molecule has 1 N–H and O–H groups in total. The number of anilines is 2. The molecule has 0 atom stereocenters. The first-order chi connectivity index (χ1) is 14.2. The first-order valence-electron chi connectivity index (χ1n) is 8.84. The van der Waals surface area contributed by atoms with E-state index in [2.05, 4.69) is 10.3 Å². The van der Waals surface area contributed by atoms with Crippen LogP contribution in [0.15, 0.2) is 30.3 Å². The van der Waals surface area contributed by atoms with E-state index >= 15 is 0 Å². The Morgan fingerprint density at radius 3 is 2.63 bits per heavy atom. The Balaban J connectivity index is 1.90. The average Bonchev–Trinajstić information content (AvgIpc) is 2.71. The zero-order valence-electron chi connectivity index (χ0n) is 16.8. The maximum Gasteiger partial charge on any atom is 0.366 e. The third-order valence-corrected chi connectivity index (χ3v) is 4.38. The van der Waals surface area contributed by atoms with Crippen LogP contribution in [0.25, 0.3) is 0 Å². The van der Waals surface area contributed by atoms with Crippen molar-refractivity contribution in [3.63, 3.8) is 0 Å². The van der Waals surface area contributed by atoms with Gasteiger partial charge in [-0.05, 0) is 42.0 Å². The van der Waals surface area contributed by atoms with Gasteiger partial charge >= 0.3 is 5.82 Å². The van der Waals surface area contributed by atoms with Gasteiger partial charge in [0.15, 0.2) is 11.4 Å². The Morgan fingerprint density at radius 1 is 1.27 bits per heavy atom. The number of hydrogen-bond donors (Lipinski definition) is 1. The van der Waals surface area contributed by atoms with Crippen LogP contribution in [0, 0.1) is 10.1 Å². The number of benzene rings is 1. The predicted octanol–water partition coefficient (Wildman–Crippen LogP) is 2.15. The maximum atomic E-state index is 12.9. The van der Waals surface area contributed by atoms with Crippen LogP contribution in [0.2, 0.25) is 0 Å². The minimum atomic E-state index is -1.27. The number of pyridine rings is 1. The lowest BCUT2D eigenvalue weighted by Crippen LogP contribution is -2.54. The van der Waals surface area contributed by atoms with Crippen LogP contribution in [-0.4, -0.2) is 48.1 Å². The highest BCUT2D eigenvalue weighted by atomic mass is 16.6. The molecular formula is C19H20N4O7. The van der Waals surface area contributed by atoms with Crippen molar-refractivity contribution in [2.24, 2.45) is 0 Å². The lowest BCUT2D eigenvalue weighted by molar-refractivity contribution is -0.389. The number of carbonyl (C=O) groups excluding carboxylic acids is 2. The molecule has 0 aliphatic carbocycles. The molecule has 2 aromatic rings. The SMILES string of the molecule is COc1ccc(NC(=O)CN2C(=O)C(C)(C)Oc3ccc([N+](=O)[O-])nc32)c(OC)c1. The minimum Gasteiger partial charge on any atom is -0.497 e. The number of nitrogens with zero attached hydrogens (tertiary/aromatic N) is 3. The molecule has 3 rings (SSSR count). The number of methoxy groups -OCH3 is 2. The van der Waals surface area contributed by atoms with Crippen LogP contribution in [0.4, 0.5) is 17.3 Å². The van der Waals surface area contributed by atoms with E-state index in [1.165, 1.54) is 40.2 Å². The summed E-state index contributed by atoms with van der Waals surface area (Å²) in [5.74, 6) is -0.591. The highest BCUT2D eigenvalue weighted by molar-refractivity contribution is 6.07. The van der Waals surface area contributed by atoms with Crippen molar-refractivity contribution in [3.8, 4) is 17.2 Å². The van der Waals surface area contributed by atoms with Crippen molar-refractivity contribution in [3.05, 3.63) is 40.4 Å². The Bertz CT molecular complexity index is 1020. The number of hydrogen-bond acceptors (Lipinski definition) is 8. The first kappa shape index (κ1) is 20.8. The van der Waals surface area contributed by atoms with Crippen LogP contribution in [0.1, 0.15) is 13.8 Å². The zero-order valence-corrected chi connectivity index (χ0v) is 16.8. The van der Waals surface area contributed by atoms with Crippen molar-refractivity contribution >= 4 is 29.1 Å². The lowest BCUT2D eigenvalue weighted by Gasteiger charge is -2.35. The number of carbonyl (C=O) groups is 2. The summed E-state index contributed by atoms with van der Waals surface area (Å²) < 4.78 is 16.0. The lowest BCUT2D eigenvalue weighted by atomic mass is 10.1. The normalized spacial score (nSPS) is 14.4. The van der Waals surface area contributed by atoms with E-state index in [1.807, 2.05) is 0 Å². The smallest absolute Gasteiger partial charge is 0.366 e. The number of aromatic nitrogens is 1. The fraction of sp³-hybridized carbons (Fsp3) is 0.316. The molecule has 1 aliphatic heterocycles. The molecule has 0 unspecified atom stereocenters. The topological polar surface area (TPSA) is 133 Å². The molecule has 0 spiro atoms. The molecule has 0 saturated carbocycles. The summed E-state index contributed by atoms with van der Waals surface area (Å²) >= 11 is 0. The van der Waals surface area contributed by atoms with Crippen molar-refractivity contribution in [1.82, 2.24) is 4.98 Å². The summed E-state index contributed by atoms with van der Waals surface area (Å²) in [6.07, 6.45) is 0. The molecule has 0 bridgehead atoms. The standard InChI is InChI=1S/C19H20N4O7/c1-19(2)18(25)22(17-13(30-19)7-8-15(21-17)23(26)27)10-16(24)20-12-6-5-11(28-3)9-14(12)29-4/h5-9H,10H2,1-4H3,(H,20,24). The fourth-order valence-corrected chi connectivity index (χ4v) is 2.92. The van der Waals surface area contributed by atoms with Crippen molar-refractivity contribution in [2.45, 2.75) is 19.4 Å². The molecular weight excluding hydrogens is 396 g/mol. The van der Waals surface area contributed by atoms with E-state index in [0.717, 1.165) is 4.90 Å². The summed E-state index contributed by atoms with van der Waals surface area (Å²) in [4.78, 5) is 40.9. The Morgan fingerprint density at radius 2 is 2.00 bits per heavy atom. The number of nitro groups is 1. The van der Waals surface area contributed by atoms with Gasteiger partial charge in [-0.25, -0.2) is 0 Å². The van der Waals surface area contributed by atoms with E-state index in [0.29, 0.717) is 17.2 Å². The van der Waals surface area contributed by atoms with Gasteiger partial charge in [0.1, 0.15) is 18.0 Å². The molecule has 1 aliphatic rings. The molecule has 11 nitrogen and oxygen atoms in total. The second-order valence-electron chi connectivity index (χ2n) is 6.87. The largest absolute Gasteiger partial charge is 0.497 e. The van der Waals surface area contributed by atoms with Gasteiger partial charge in [0.2, 0.25) is 5.91 Å². The van der Waals surface area contributed by atoms with Gasteiger partial charge in [-0.2, -0.15) is 0 Å². The average molecular weight is 416 g/mol. The maximum absolute atomic E-state index is 12.9. The number of fused-ring (bicyclic) bond motifs is 1. The van der Waals surface area contributed by atoms with Crippen molar-refractivity contribution in [2.75, 3.05) is 31.0 Å². The van der Waals surface area contributed by atoms with Gasteiger partial charge in [-0.15, -0.1) is 0 Å². The monoisotopic (exact) mass is 416 g/mol. The predicted molar refractivity (Wildman–Crippen MR) is 106 cm³/mol. The van der Waals surface area contributed by atoms with Crippen molar-refractivity contribution < 1.29 is 28.7 Å². The summed E-state index contributed by atoms with van der Waals surface area (Å²) in [5.41, 5.74) is -0.904. The number of nitrogens with one attached hydrogen (secondary N) is 1. The van der Waals surface area contributed by atoms with Gasteiger partial charge in [-0.1, -0.05) is 0 Å². The van der Waals surface area contributed by atoms with E-state index < -0.39 is 34.7 Å². The Kier molecular flexibility index (Phi) is 5.45. The summed E-state index contributed by atoms with van der Waals surface area (Å²) in [7, 11) is 2.94.